The number of carboxylic acid groups (broad SMARTS) is 1. The van der Waals surface area contributed by atoms with E-state index in [1.165, 1.54) is 6.08 Å². The van der Waals surface area contributed by atoms with Crippen LogP contribution in [0, 0.1) is 0 Å². The standard InChI is InChI=1S/C15H11BrClNO3/c16-12-6-10(3-4-14(19)20)7-13(17)15(12)21-9-11-2-1-5-18-8-11/h1-8H,9H2,(H,19,20)/b4-3+. The number of benzene rings is 1. The van der Waals surface area contributed by atoms with Gasteiger partial charge in [-0.1, -0.05) is 17.7 Å². The van der Waals surface area contributed by atoms with E-state index >= 15 is 0 Å². The molecule has 2 rings (SSSR count). The van der Waals surface area contributed by atoms with E-state index in [9.17, 15) is 4.79 Å². The van der Waals surface area contributed by atoms with Gasteiger partial charge >= 0.3 is 5.97 Å². The maximum Gasteiger partial charge on any atom is 0.328 e. The van der Waals surface area contributed by atoms with Gasteiger partial charge in [0.15, 0.2) is 5.75 Å². The third-order valence-corrected chi connectivity index (χ3v) is 3.41. The third-order valence-electron chi connectivity index (χ3n) is 2.54. The van der Waals surface area contributed by atoms with Crippen LogP contribution < -0.4 is 4.74 Å². The first-order chi connectivity index (χ1) is 10.1. The number of rotatable bonds is 5. The quantitative estimate of drug-likeness (QED) is 0.805. The van der Waals surface area contributed by atoms with Crippen molar-refractivity contribution in [2.75, 3.05) is 0 Å². The Labute approximate surface area is 135 Å². The van der Waals surface area contributed by atoms with Gasteiger partial charge in [0.05, 0.1) is 9.50 Å². The molecule has 0 saturated carbocycles. The van der Waals surface area contributed by atoms with Crippen LogP contribution in [0.2, 0.25) is 5.02 Å². The number of hydrogen-bond donors (Lipinski definition) is 1. The molecule has 0 amide bonds. The topological polar surface area (TPSA) is 59.4 Å². The van der Waals surface area contributed by atoms with Crippen molar-refractivity contribution in [3.8, 4) is 5.75 Å². The van der Waals surface area contributed by atoms with Gasteiger partial charge in [-0.25, -0.2) is 4.79 Å². The maximum absolute atomic E-state index is 10.5. The Morgan fingerprint density at radius 2 is 2.29 bits per heavy atom. The number of aliphatic carboxylic acids is 1. The number of hydrogen-bond acceptors (Lipinski definition) is 3. The lowest BCUT2D eigenvalue weighted by atomic mass is 10.2. The lowest BCUT2D eigenvalue weighted by molar-refractivity contribution is -0.131. The fraction of sp³-hybridized carbons (Fsp3) is 0.0667. The van der Waals surface area contributed by atoms with Crippen molar-refractivity contribution in [3.63, 3.8) is 0 Å². The van der Waals surface area contributed by atoms with Gasteiger partial charge in [0.1, 0.15) is 6.61 Å². The van der Waals surface area contributed by atoms with Crippen molar-refractivity contribution in [1.29, 1.82) is 0 Å². The van der Waals surface area contributed by atoms with Crippen molar-refractivity contribution >= 4 is 39.6 Å². The third kappa shape index (κ3) is 4.58. The number of ether oxygens (including phenoxy) is 1. The fourth-order valence-electron chi connectivity index (χ4n) is 1.62. The van der Waals surface area contributed by atoms with Gasteiger partial charge in [0, 0.05) is 24.0 Å². The molecule has 0 fully saturated rings. The van der Waals surface area contributed by atoms with E-state index in [2.05, 4.69) is 20.9 Å². The number of nitrogens with zero attached hydrogens (tertiary/aromatic N) is 1. The van der Waals surface area contributed by atoms with Crippen molar-refractivity contribution in [1.82, 2.24) is 4.98 Å². The second-order valence-electron chi connectivity index (χ2n) is 4.14. The van der Waals surface area contributed by atoms with Gasteiger partial charge in [-0.2, -0.15) is 0 Å². The molecule has 0 saturated heterocycles. The van der Waals surface area contributed by atoms with Crippen LogP contribution in [0.5, 0.6) is 5.75 Å². The Morgan fingerprint density at radius 1 is 1.48 bits per heavy atom. The molecule has 1 aromatic heterocycles. The highest BCUT2D eigenvalue weighted by Crippen LogP contribution is 2.35. The summed E-state index contributed by atoms with van der Waals surface area (Å²) >= 11 is 9.54. The van der Waals surface area contributed by atoms with Crippen LogP contribution in [0.25, 0.3) is 6.08 Å². The SMILES string of the molecule is O=C(O)/C=C/c1cc(Cl)c(OCc2cccnc2)c(Br)c1. The molecule has 0 aliphatic rings. The molecule has 108 valence electrons. The summed E-state index contributed by atoms with van der Waals surface area (Å²) in [5, 5.41) is 9.02. The summed E-state index contributed by atoms with van der Waals surface area (Å²) in [6.45, 7) is 0.344. The van der Waals surface area contributed by atoms with Crippen LogP contribution >= 0.6 is 27.5 Å². The van der Waals surface area contributed by atoms with Gasteiger partial charge in [0.2, 0.25) is 0 Å². The van der Waals surface area contributed by atoms with Gasteiger partial charge in [-0.05, 0) is 45.8 Å². The molecule has 0 aliphatic heterocycles. The second kappa shape index (κ2) is 7.24. The molecule has 0 unspecified atom stereocenters. The zero-order valence-electron chi connectivity index (χ0n) is 10.8. The van der Waals surface area contributed by atoms with Gasteiger partial charge < -0.3 is 9.84 Å². The Kier molecular flexibility index (Phi) is 5.36. The Morgan fingerprint density at radius 3 is 2.90 bits per heavy atom. The van der Waals surface area contributed by atoms with Crippen molar-refractivity contribution in [2.45, 2.75) is 6.61 Å². The summed E-state index contributed by atoms with van der Waals surface area (Å²) in [6, 6.07) is 7.11. The molecule has 1 aromatic carbocycles. The van der Waals surface area contributed by atoms with Crippen molar-refractivity contribution in [3.05, 3.63) is 63.4 Å². The second-order valence-corrected chi connectivity index (χ2v) is 5.40. The molecule has 0 bridgehead atoms. The Bertz CT molecular complexity index is 651. The summed E-state index contributed by atoms with van der Waals surface area (Å²) in [4.78, 5) is 14.5. The molecule has 1 N–H and O–H groups in total. The van der Waals surface area contributed by atoms with Crippen molar-refractivity contribution in [2.24, 2.45) is 0 Å². The smallest absolute Gasteiger partial charge is 0.328 e. The minimum Gasteiger partial charge on any atom is -0.486 e. The zero-order valence-corrected chi connectivity index (χ0v) is 13.1. The Balaban J connectivity index is 2.15. The Hall–Kier alpha value is -1.85. The average molecular weight is 369 g/mol. The van der Waals surface area contributed by atoms with Crippen LogP contribution in [-0.2, 0) is 11.4 Å². The molecule has 0 aliphatic carbocycles. The first kappa shape index (κ1) is 15.5. The molecule has 4 nitrogen and oxygen atoms in total. The van der Waals surface area contributed by atoms with Gasteiger partial charge in [-0.15, -0.1) is 0 Å². The minimum atomic E-state index is -1.01. The first-order valence-corrected chi connectivity index (χ1v) is 7.15. The van der Waals surface area contributed by atoms with Gasteiger partial charge in [-0.3, -0.25) is 4.98 Å². The van der Waals surface area contributed by atoms with E-state index in [1.54, 1.807) is 24.5 Å². The minimum absolute atomic E-state index is 0.344. The molecular weight excluding hydrogens is 358 g/mol. The molecule has 0 atom stereocenters. The molecule has 0 radical (unpaired) electrons. The van der Waals surface area contributed by atoms with Crippen LogP contribution in [0.1, 0.15) is 11.1 Å². The number of carboxylic acids is 1. The fourth-order valence-corrected chi connectivity index (χ4v) is 2.61. The van der Waals surface area contributed by atoms with E-state index in [-0.39, 0.29) is 0 Å². The zero-order chi connectivity index (χ0) is 15.2. The number of carbonyl (C=O) groups is 1. The summed E-state index contributed by atoms with van der Waals surface area (Å²) < 4.78 is 6.33. The van der Waals surface area contributed by atoms with E-state index in [1.807, 2.05) is 12.1 Å². The maximum atomic E-state index is 10.5. The molecule has 0 spiro atoms. The van der Waals surface area contributed by atoms with E-state index < -0.39 is 5.97 Å². The molecule has 2 aromatic rings. The van der Waals surface area contributed by atoms with Crippen LogP contribution in [0.15, 0.2) is 47.2 Å². The predicted octanol–water partition coefficient (Wildman–Crippen LogP) is 4.17. The monoisotopic (exact) mass is 367 g/mol. The molecular formula is C15H11BrClNO3. The van der Waals surface area contributed by atoms with E-state index in [0.29, 0.717) is 27.4 Å². The largest absolute Gasteiger partial charge is 0.486 e. The summed E-state index contributed by atoms with van der Waals surface area (Å²) in [5.74, 6) is -0.507. The normalized spacial score (nSPS) is 10.8. The van der Waals surface area contributed by atoms with E-state index in [0.717, 1.165) is 11.6 Å². The van der Waals surface area contributed by atoms with Crippen LogP contribution in [0.3, 0.4) is 0 Å². The lowest BCUT2D eigenvalue weighted by Crippen LogP contribution is -1.97. The number of pyridine rings is 1. The lowest BCUT2D eigenvalue weighted by Gasteiger charge is -2.11. The molecule has 1 heterocycles. The average Bonchev–Trinajstić information content (AvgIpc) is 2.45. The number of halogens is 2. The van der Waals surface area contributed by atoms with Crippen LogP contribution in [0.4, 0.5) is 0 Å². The summed E-state index contributed by atoms with van der Waals surface area (Å²) in [6.07, 6.45) is 5.92. The highest BCUT2D eigenvalue weighted by molar-refractivity contribution is 9.10. The molecule has 21 heavy (non-hydrogen) atoms. The number of aromatic nitrogens is 1. The highest BCUT2D eigenvalue weighted by Gasteiger charge is 2.09. The van der Waals surface area contributed by atoms with E-state index in [4.69, 9.17) is 21.4 Å². The highest BCUT2D eigenvalue weighted by atomic mass is 79.9. The molecule has 6 heteroatoms. The van der Waals surface area contributed by atoms with Crippen LogP contribution in [-0.4, -0.2) is 16.1 Å². The van der Waals surface area contributed by atoms with Gasteiger partial charge in [0.25, 0.3) is 0 Å². The first-order valence-electron chi connectivity index (χ1n) is 5.98. The summed E-state index contributed by atoms with van der Waals surface area (Å²) in [5.41, 5.74) is 1.60. The summed E-state index contributed by atoms with van der Waals surface area (Å²) in [7, 11) is 0. The predicted molar refractivity (Wildman–Crippen MR) is 84.4 cm³/mol. The van der Waals surface area contributed by atoms with Crippen molar-refractivity contribution < 1.29 is 14.6 Å².